The van der Waals surface area contributed by atoms with E-state index in [1.807, 2.05) is 6.07 Å². The highest BCUT2D eigenvalue weighted by Crippen LogP contribution is 2.23. The van der Waals surface area contributed by atoms with Crippen molar-refractivity contribution in [2.24, 2.45) is 0 Å². The lowest BCUT2D eigenvalue weighted by molar-refractivity contribution is 0.0778. The number of pyridine rings is 1. The van der Waals surface area contributed by atoms with Crippen LogP contribution in [0.3, 0.4) is 0 Å². The van der Waals surface area contributed by atoms with Gasteiger partial charge in [0.15, 0.2) is 0 Å². The fourth-order valence-corrected chi connectivity index (χ4v) is 2.45. The van der Waals surface area contributed by atoms with Gasteiger partial charge in [0.2, 0.25) is 0 Å². The largest absolute Gasteiger partial charge is 0.336 e. The fraction of sp³-hybridized carbons (Fsp3) is 0.143. The second-order valence-corrected chi connectivity index (χ2v) is 5.91. The molecule has 2 rings (SSSR count). The van der Waals surface area contributed by atoms with Gasteiger partial charge in [0, 0.05) is 24.3 Å². The molecule has 1 heterocycles. The van der Waals surface area contributed by atoms with Crippen molar-refractivity contribution >= 4 is 45.0 Å². The van der Waals surface area contributed by atoms with E-state index in [-0.39, 0.29) is 5.91 Å². The normalized spacial score (nSPS) is 10.4. The van der Waals surface area contributed by atoms with Crippen molar-refractivity contribution in [1.82, 2.24) is 9.88 Å². The first-order valence-electron chi connectivity index (χ1n) is 5.79. The third kappa shape index (κ3) is 3.51. The van der Waals surface area contributed by atoms with Crippen molar-refractivity contribution in [2.45, 2.75) is 6.54 Å². The molecule has 6 heteroatoms. The number of carbonyl (C=O) groups excluding carboxylic acids is 1. The van der Waals surface area contributed by atoms with Gasteiger partial charge in [-0.3, -0.25) is 4.79 Å². The molecule has 0 bridgehead atoms. The summed E-state index contributed by atoms with van der Waals surface area (Å²) < 4.78 is 0.672. The monoisotopic (exact) mass is 372 g/mol. The van der Waals surface area contributed by atoms with E-state index in [0.29, 0.717) is 26.8 Å². The second kappa shape index (κ2) is 6.57. The van der Waals surface area contributed by atoms with Gasteiger partial charge in [0.05, 0.1) is 10.0 Å². The molecular weight excluding hydrogens is 363 g/mol. The predicted octanol–water partition coefficient (Wildman–Crippen LogP) is 4.42. The summed E-state index contributed by atoms with van der Waals surface area (Å²) >= 11 is 15.2. The summed E-state index contributed by atoms with van der Waals surface area (Å²) in [5.74, 6) is -0.163. The molecule has 0 N–H and O–H groups in total. The number of nitrogens with zero attached hydrogens (tertiary/aromatic N) is 2. The third-order valence-electron chi connectivity index (χ3n) is 2.71. The first-order chi connectivity index (χ1) is 9.49. The Bertz CT molecular complexity index is 649. The van der Waals surface area contributed by atoms with Gasteiger partial charge in [-0.1, -0.05) is 29.3 Å². The van der Waals surface area contributed by atoms with E-state index in [1.165, 1.54) is 0 Å². The maximum absolute atomic E-state index is 12.3. The van der Waals surface area contributed by atoms with Crippen molar-refractivity contribution in [3.05, 3.63) is 62.3 Å². The van der Waals surface area contributed by atoms with Crippen molar-refractivity contribution in [1.29, 1.82) is 0 Å². The molecule has 20 heavy (non-hydrogen) atoms. The van der Waals surface area contributed by atoms with E-state index in [9.17, 15) is 4.79 Å². The first kappa shape index (κ1) is 15.3. The number of hydrogen-bond donors (Lipinski definition) is 0. The Balaban J connectivity index is 2.15. The van der Waals surface area contributed by atoms with E-state index < -0.39 is 0 Å². The van der Waals surface area contributed by atoms with Crippen molar-refractivity contribution in [3.63, 3.8) is 0 Å². The van der Waals surface area contributed by atoms with E-state index in [1.54, 1.807) is 42.4 Å². The molecule has 0 aliphatic carbocycles. The molecule has 1 amide bonds. The molecule has 2 aromatic rings. The lowest BCUT2D eigenvalue weighted by Gasteiger charge is -2.17. The molecule has 3 nitrogen and oxygen atoms in total. The van der Waals surface area contributed by atoms with Crippen molar-refractivity contribution in [2.75, 3.05) is 7.05 Å². The molecule has 0 atom stereocenters. The maximum Gasteiger partial charge on any atom is 0.273 e. The van der Waals surface area contributed by atoms with Crippen LogP contribution in [0.5, 0.6) is 0 Å². The van der Waals surface area contributed by atoms with Crippen LogP contribution in [0.4, 0.5) is 0 Å². The van der Waals surface area contributed by atoms with Crippen LogP contribution in [-0.2, 0) is 6.54 Å². The highest BCUT2D eigenvalue weighted by molar-refractivity contribution is 9.10. The SMILES string of the molecule is CN(Cc1ccc(Cl)c(Cl)c1)C(=O)c1ncccc1Br. The van der Waals surface area contributed by atoms with E-state index in [0.717, 1.165) is 5.56 Å². The van der Waals surface area contributed by atoms with Crippen LogP contribution in [-0.4, -0.2) is 22.8 Å². The third-order valence-corrected chi connectivity index (χ3v) is 4.09. The fourth-order valence-electron chi connectivity index (χ4n) is 1.71. The minimum atomic E-state index is -0.163. The van der Waals surface area contributed by atoms with Crippen LogP contribution in [0.25, 0.3) is 0 Å². The highest BCUT2D eigenvalue weighted by atomic mass is 79.9. The number of rotatable bonds is 3. The second-order valence-electron chi connectivity index (χ2n) is 4.24. The van der Waals surface area contributed by atoms with Gasteiger partial charge in [-0.05, 0) is 45.8 Å². The smallest absolute Gasteiger partial charge is 0.273 e. The number of hydrogen-bond acceptors (Lipinski definition) is 2. The highest BCUT2D eigenvalue weighted by Gasteiger charge is 2.16. The van der Waals surface area contributed by atoms with Gasteiger partial charge < -0.3 is 4.90 Å². The average Bonchev–Trinajstić information content (AvgIpc) is 2.42. The molecular formula is C14H11BrCl2N2O. The van der Waals surface area contributed by atoms with Crippen molar-refractivity contribution in [3.8, 4) is 0 Å². The zero-order chi connectivity index (χ0) is 14.7. The Kier molecular flexibility index (Phi) is 5.02. The number of halogens is 3. The van der Waals surface area contributed by atoms with Crippen LogP contribution in [0, 0.1) is 0 Å². The Morgan fingerprint density at radius 2 is 2.05 bits per heavy atom. The van der Waals surface area contributed by atoms with Crippen LogP contribution in [0.1, 0.15) is 16.1 Å². The standard InChI is InChI=1S/C14H11BrCl2N2O/c1-19(8-9-4-5-11(16)12(17)7-9)14(20)13-10(15)3-2-6-18-13/h2-7H,8H2,1H3. The average molecular weight is 374 g/mol. The number of aromatic nitrogens is 1. The zero-order valence-electron chi connectivity index (χ0n) is 10.6. The minimum Gasteiger partial charge on any atom is -0.336 e. The lowest BCUT2D eigenvalue weighted by Crippen LogP contribution is -2.27. The first-order valence-corrected chi connectivity index (χ1v) is 7.34. The van der Waals surface area contributed by atoms with E-state index in [2.05, 4.69) is 20.9 Å². The Labute approximate surface area is 135 Å². The Hall–Kier alpha value is -1.10. The predicted molar refractivity (Wildman–Crippen MR) is 84.2 cm³/mol. The summed E-state index contributed by atoms with van der Waals surface area (Å²) in [7, 11) is 1.71. The molecule has 0 saturated carbocycles. The summed E-state index contributed by atoms with van der Waals surface area (Å²) in [4.78, 5) is 18.0. The van der Waals surface area contributed by atoms with E-state index >= 15 is 0 Å². The molecule has 0 fully saturated rings. The molecule has 1 aromatic heterocycles. The van der Waals surface area contributed by atoms with Gasteiger partial charge in [0.25, 0.3) is 5.91 Å². The summed E-state index contributed by atoms with van der Waals surface area (Å²) in [6.45, 7) is 0.429. The molecule has 0 aliphatic rings. The van der Waals surface area contributed by atoms with Gasteiger partial charge in [0.1, 0.15) is 5.69 Å². The van der Waals surface area contributed by atoms with Crippen LogP contribution in [0.15, 0.2) is 41.0 Å². The summed E-state index contributed by atoms with van der Waals surface area (Å²) in [5.41, 5.74) is 1.29. The quantitative estimate of drug-likeness (QED) is 0.797. The lowest BCUT2D eigenvalue weighted by atomic mass is 10.2. The van der Waals surface area contributed by atoms with Gasteiger partial charge in [-0.25, -0.2) is 4.98 Å². The molecule has 104 valence electrons. The summed E-state index contributed by atoms with van der Waals surface area (Å²) in [5, 5.41) is 0.973. The zero-order valence-corrected chi connectivity index (χ0v) is 13.7. The minimum absolute atomic E-state index is 0.163. The summed E-state index contributed by atoms with van der Waals surface area (Å²) in [6, 6.07) is 8.86. The van der Waals surface area contributed by atoms with Crippen LogP contribution < -0.4 is 0 Å². The summed E-state index contributed by atoms with van der Waals surface area (Å²) in [6.07, 6.45) is 1.59. The van der Waals surface area contributed by atoms with Gasteiger partial charge in [-0.2, -0.15) is 0 Å². The molecule has 1 aromatic carbocycles. The van der Waals surface area contributed by atoms with Gasteiger partial charge >= 0.3 is 0 Å². The number of benzene rings is 1. The molecule has 0 unspecified atom stereocenters. The van der Waals surface area contributed by atoms with Crippen molar-refractivity contribution < 1.29 is 4.79 Å². The van der Waals surface area contributed by atoms with E-state index in [4.69, 9.17) is 23.2 Å². The number of amides is 1. The molecule has 0 radical (unpaired) electrons. The maximum atomic E-state index is 12.3. The van der Waals surface area contributed by atoms with Gasteiger partial charge in [-0.15, -0.1) is 0 Å². The Morgan fingerprint density at radius 3 is 2.70 bits per heavy atom. The molecule has 0 saturated heterocycles. The number of carbonyl (C=O) groups is 1. The molecule has 0 spiro atoms. The van der Waals surface area contributed by atoms with Crippen LogP contribution in [0.2, 0.25) is 10.0 Å². The Morgan fingerprint density at radius 1 is 1.30 bits per heavy atom. The molecule has 0 aliphatic heterocycles. The topological polar surface area (TPSA) is 33.2 Å². The van der Waals surface area contributed by atoms with Crippen LogP contribution >= 0.6 is 39.1 Å².